The average Bonchev–Trinajstić information content (AvgIpc) is 2.36. The molecule has 0 unspecified atom stereocenters. The summed E-state index contributed by atoms with van der Waals surface area (Å²) in [6.07, 6.45) is 0. The second-order valence-corrected chi connectivity index (χ2v) is 5.49. The van der Waals surface area contributed by atoms with Crippen LogP contribution in [0.4, 0.5) is 0 Å². The van der Waals surface area contributed by atoms with Crippen molar-refractivity contribution in [3.63, 3.8) is 0 Å². The topological polar surface area (TPSA) is 26.3 Å². The number of ether oxygens (including phenoxy) is 1. The Morgan fingerprint density at radius 2 is 1.89 bits per heavy atom. The number of hydrogen-bond acceptors (Lipinski definition) is 2. The van der Waals surface area contributed by atoms with Crippen molar-refractivity contribution in [1.29, 1.82) is 0 Å². The molecule has 0 aliphatic rings. The number of carbonyl (C=O) groups is 1. The normalized spacial score (nSPS) is 10.3. The van der Waals surface area contributed by atoms with Crippen molar-refractivity contribution in [2.24, 2.45) is 0 Å². The third-order valence-electron chi connectivity index (χ3n) is 2.72. The fourth-order valence-electron chi connectivity index (χ4n) is 1.84. The molecular formula is C15H12BrClO2. The summed E-state index contributed by atoms with van der Waals surface area (Å²) in [5.41, 5.74) is 2.14. The van der Waals surface area contributed by atoms with Crippen molar-refractivity contribution < 1.29 is 9.53 Å². The summed E-state index contributed by atoms with van der Waals surface area (Å²) in [5.74, 6) is 0.632. The van der Waals surface area contributed by atoms with E-state index in [1.165, 1.54) is 0 Å². The highest BCUT2D eigenvalue weighted by atomic mass is 79.9. The molecule has 0 heterocycles. The van der Waals surface area contributed by atoms with E-state index in [4.69, 9.17) is 16.3 Å². The van der Waals surface area contributed by atoms with Gasteiger partial charge in [-0.05, 0) is 64.8 Å². The molecule has 2 rings (SSSR count). The van der Waals surface area contributed by atoms with Gasteiger partial charge < -0.3 is 4.74 Å². The number of hydrogen-bond donors (Lipinski definition) is 0. The molecule has 0 aromatic heterocycles. The predicted molar refractivity (Wildman–Crippen MR) is 80.3 cm³/mol. The predicted octanol–water partition coefficient (Wildman–Crippen LogP) is 4.65. The second kappa shape index (κ2) is 5.76. The van der Waals surface area contributed by atoms with E-state index in [1.54, 1.807) is 31.4 Å². The van der Waals surface area contributed by atoms with E-state index in [2.05, 4.69) is 15.9 Å². The monoisotopic (exact) mass is 338 g/mol. The summed E-state index contributed by atoms with van der Waals surface area (Å²) >= 11 is 9.35. The van der Waals surface area contributed by atoms with Gasteiger partial charge in [-0.15, -0.1) is 0 Å². The van der Waals surface area contributed by atoms with Crippen LogP contribution in [0, 0.1) is 6.92 Å². The van der Waals surface area contributed by atoms with Gasteiger partial charge in [0.25, 0.3) is 0 Å². The first kappa shape index (κ1) is 14.1. The quantitative estimate of drug-likeness (QED) is 0.761. The highest BCUT2D eigenvalue weighted by Crippen LogP contribution is 2.27. The summed E-state index contributed by atoms with van der Waals surface area (Å²) < 4.78 is 5.89. The van der Waals surface area contributed by atoms with Crippen LogP contribution in [-0.4, -0.2) is 12.9 Å². The van der Waals surface area contributed by atoms with Crippen LogP contribution in [0.2, 0.25) is 5.02 Å². The van der Waals surface area contributed by atoms with Gasteiger partial charge in [-0.25, -0.2) is 0 Å². The van der Waals surface area contributed by atoms with Crippen molar-refractivity contribution >= 4 is 33.3 Å². The van der Waals surface area contributed by atoms with Crippen molar-refractivity contribution in [1.82, 2.24) is 0 Å². The molecule has 2 nitrogen and oxygen atoms in total. The first-order chi connectivity index (χ1) is 9.01. The molecular weight excluding hydrogens is 328 g/mol. The summed E-state index contributed by atoms with van der Waals surface area (Å²) in [4.78, 5) is 12.4. The van der Waals surface area contributed by atoms with Gasteiger partial charge in [0.1, 0.15) is 5.75 Å². The molecule has 0 saturated carbocycles. The van der Waals surface area contributed by atoms with Crippen LogP contribution in [0.5, 0.6) is 5.75 Å². The maximum absolute atomic E-state index is 12.4. The molecule has 0 N–H and O–H groups in total. The first-order valence-electron chi connectivity index (χ1n) is 5.66. The Morgan fingerprint density at radius 1 is 1.16 bits per heavy atom. The Balaban J connectivity index is 2.41. The zero-order chi connectivity index (χ0) is 14.0. The van der Waals surface area contributed by atoms with E-state index >= 15 is 0 Å². The molecule has 19 heavy (non-hydrogen) atoms. The lowest BCUT2D eigenvalue weighted by Crippen LogP contribution is -2.02. The number of rotatable bonds is 3. The number of aryl methyl sites for hydroxylation is 1. The molecule has 4 heteroatoms. The Kier molecular flexibility index (Phi) is 4.27. The molecule has 0 bridgehead atoms. The Hall–Kier alpha value is -1.32. The standard InChI is InChI=1S/C15H12BrClO2/c1-9-5-11(7-12(17)6-9)15(18)10-3-4-14(19-2)13(16)8-10/h3-8H,1-2H3. The number of methoxy groups -OCH3 is 1. The fourth-order valence-corrected chi connectivity index (χ4v) is 2.67. The van der Waals surface area contributed by atoms with Crippen LogP contribution < -0.4 is 4.74 Å². The maximum Gasteiger partial charge on any atom is 0.193 e. The minimum absolute atomic E-state index is 0.0612. The van der Waals surface area contributed by atoms with Gasteiger partial charge in [-0.2, -0.15) is 0 Å². The lowest BCUT2D eigenvalue weighted by molar-refractivity contribution is 0.103. The molecule has 0 aliphatic carbocycles. The van der Waals surface area contributed by atoms with Gasteiger partial charge in [-0.1, -0.05) is 11.6 Å². The highest BCUT2D eigenvalue weighted by Gasteiger charge is 2.12. The van der Waals surface area contributed by atoms with Crippen LogP contribution in [0.3, 0.4) is 0 Å². The van der Waals surface area contributed by atoms with E-state index in [0.717, 1.165) is 10.0 Å². The number of halogens is 2. The maximum atomic E-state index is 12.4. The van der Waals surface area contributed by atoms with E-state index in [0.29, 0.717) is 21.9 Å². The molecule has 0 amide bonds. The van der Waals surface area contributed by atoms with Crippen molar-refractivity contribution in [3.8, 4) is 5.75 Å². The molecule has 2 aromatic rings. The zero-order valence-corrected chi connectivity index (χ0v) is 12.9. The Labute approximate surface area is 125 Å². The minimum atomic E-state index is -0.0612. The SMILES string of the molecule is COc1ccc(C(=O)c2cc(C)cc(Cl)c2)cc1Br. The Bertz CT molecular complexity index is 618. The second-order valence-electron chi connectivity index (χ2n) is 4.20. The van der Waals surface area contributed by atoms with Gasteiger partial charge in [0, 0.05) is 16.1 Å². The zero-order valence-electron chi connectivity index (χ0n) is 10.5. The van der Waals surface area contributed by atoms with Crippen LogP contribution in [-0.2, 0) is 0 Å². The summed E-state index contributed by atoms with van der Waals surface area (Å²) in [5, 5.41) is 0.566. The van der Waals surface area contributed by atoms with Crippen LogP contribution in [0.25, 0.3) is 0 Å². The largest absolute Gasteiger partial charge is 0.496 e. The number of carbonyl (C=O) groups excluding carboxylic acids is 1. The fraction of sp³-hybridized carbons (Fsp3) is 0.133. The third-order valence-corrected chi connectivity index (χ3v) is 3.56. The van der Waals surface area contributed by atoms with E-state index < -0.39 is 0 Å². The van der Waals surface area contributed by atoms with Crippen LogP contribution in [0.1, 0.15) is 21.5 Å². The van der Waals surface area contributed by atoms with Crippen molar-refractivity contribution in [2.45, 2.75) is 6.92 Å². The van der Waals surface area contributed by atoms with Gasteiger partial charge in [-0.3, -0.25) is 4.79 Å². The lowest BCUT2D eigenvalue weighted by atomic mass is 10.0. The smallest absolute Gasteiger partial charge is 0.193 e. The molecule has 0 spiro atoms. The average molecular weight is 340 g/mol. The summed E-state index contributed by atoms with van der Waals surface area (Å²) in [7, 11) is 1.59. The van der Waals surface area contributed by atoms with Crippen molar-refractivity contribution in [3.05, 3.63) is 62.6 Å². The van der Waals surface area contributed by atoms with Gasteiger partial charge in [0.15, 0.2) is 5.78 Å². The van der Waals surface area contributed by atoms with E-state index in [-0.39, 0.29) is 5.78 Å². The summed E-state index contributed by atoms with van der Waals surface area (Å²) in [6.45, 7) is 1.91. The van der Waals surface area contributed by atoms with Gasteiger partial charge in [0.05, 0.1) is 11.6 Å². The molecule has 0 atom stereocenters. The summed E-state index contributed by atoms with van der Waals surface area (Å²) in [6, 6.07) is 10.6. The van der Waals surface area contributed by atoms with E-state index in [9.17, 15) is 4.79 Å². The molecule has 98 valence electrons. The highest BCUT2D eigenvalue weighted by molar-refractivity contribution is 9.10. The molecule has 0 fully saturated rings. The third kappa shape index (κ3) is 3.17. The van der Waals surface area contributed by atoms with Crippen LogP contribution in [0.15, 0.2) is 40.9 Å². The molecule has 0 radical (unpaired) electrons. The van der Waals surface area contributed by atoms with Crippen molar-refractivity contribution in [2.75, 3.05) is 7.11 Å². The van der Waals surface area contributed by atoms with Gasteiger partial charge in [0.2, 0.25) is 0 Å². The van der Waals surface area contributed by atoms with Gasteiger partial charge >= 0.3 is 0 Å². The molecule has 0 aliphatic heterocycles. The molecule has 2 aromatic carbocycles. The number of ketones is 1. The van der Waals surface area contributed by atoms with Crippen LogP contribution >= 0.6 is 27.5 Å². The molecule has 0 saturated heterocycles. The lowest BCUT2D eigenvalue weighted by Gasteiger charge is -2.07. The first-order valence-corrected chi connectivity index (χ1v) is 6.84. The minimum Gasteiger partial charge on any atom is -0.496 e. The van der Waals surface area contributed by atoms with E-state index in [1.807, 2.05) is 19.1 Å². The Morgan fingerprint density at radius 3 is 2.47 bits per heavy atom. The number of benzene rings is 2.